The number of piperazine rings is 1. The number of anilines is 1. The number of halogens is 2. The molecular weight excluding hydrogens is 331 g/mol. The van der Waals surface area contributed by atoms with E-state index in [4.69, 9.17) is 27.9 Å². The average Bonchev–Trinajstić information content (AvgIpc) is 2.59. The van der Waals surface area contributed by atoms with E-state index in [1.807, 2.05) is 36.4 Å². The molecular formula is C18H20Cl2N2O. The predicted molar refractivity (Wildman–Crippen MR) is 96.9 cm³/mol. The van der Waals surface area contributed by atoms with Crippen molar-refractivity contribution < 1.29 is 4.74 Å². The van der Waals surface area contributed by atoms with Gasteiger partial charge >= 0.3 is 0 Å². The monoisotopic (exact) mass is 350 g/mol. The molecule has 0 spiro atoms. The van der Waals surface area contributed by atoms with Gasteiger partial charge in [0.25, 0.3) is 0 Å². The van der Waals surface area contributed by atoms with E-state index in [0.717, 1.165) is 59.8 Å². The lowest BCUT2D eigenvalue weighted by Crippen LogP contribution is -2.46. The standard InChI is InChI=1S/C18H20Cl2N2O/c1-23-18-8-3-2-7-17(18)22-11-9-21(10-12-22)13-14-15(19)5-4-6-16(14)20/h2-8H,9-13H2,1H3. The van der Waals surface area contributed by atoms with E-state index >= 15 is 0 Å². The number of nitrogens with zero attached hydrogens (tertiary/aromatic N) is 2. The van der Waals surface area contributed by atoms with Gasteiger partial charge in [-0.15, -0.1) is 0 Å². The van der Waals surface area contributed by atoms with Gasteiger partial charge < -0.3 is 9.64 Å². The lowest BCUT2D eigenvalue weighted by atomic mass is 10.1. The minimum atomic E-state index is 0.740. The quantitative estimate of drug-likeness (QED) is 0.816. The number of hydrogen-bond acceptors (Lipinski definition) is 3. The number of para-hydroxylation sites is 2. The molecule has 0 saturated carbocycles. The minimum Gasteiger partial charge on any atom is -0.495 e. The zero-order valence-electron chi connectivity index (χ0n) is 13.1. The first kappa shape index (κ1) is 16.4. The summed E-state index contributed by atoms with van der Waals surface area (Å²) in [4.78, 5) is 4.75. The van der Waals surface area contributed by atoms with E-state index in [9.17, 15) is 0 Å². The highest BCUT2D eigenvalue weighted by atomic mass is 35.5. The van der Waals surface area contributed by atoms with Crippen molar-refractivity contribution in [2.24, 2.45) is 0 Å². The molecule has 1 fully saturated rings. The molecule has 1 saturated heterocycles. The minimum absolute atomic E-state index is 0.740. The Morgan fingerprint density at radius 2 is 1.57 bits per heavy atom. The van der Waals surface area contributed by atoms with Crippen LogP contribution in [0.5, 0.6) is 5.75 Å². The van der Waals surface area contributed by atoms with Crippen molar-refractivity contribution in [3.63, 3.8) is 0 Å². The Balaban J connectivity index is 1.65. The molecule has 1 aliphatic heterocycles. The third-order valence-electron chi connectivity index (χ3n) is 4.24. The van der Waals surface area contributed by atoms with Crippen molar-refractivity contribution >= 4 is 28.9 Å². The molecule has 0 radical (unpaired) electrons. The van der Waals surface area contributed by atoms with Crippen molar-refractivity contribution in [2.45, 2.75) is 6.54 Å². The van der Waals surface area contributed by atoms with Gasteiger partial charge in [-0.1, -0.05) is 41.4 Å². The number of hydrogen-bond donors (Lipinski definition) is 0. The van der Waals surface area contributed by atoms with Gasteiger partial charge in [0.15, 0.2) is 0 Å². The maximum absolute atomic E-state index is 6.27. The molecule has 3 nitrogen and oxygen atoms in total. The third kappa shape index (κ3) is 3.74. The molecule has 122 valence electrons. The van der Waals surface area contributed by atoms with Crippen molar-refractivity contribution in [2.75, 3.05) is 38.2 Å². The van der Waals surface area contributed by atoms with Crippen LogP contribution in [0.25, 0.3) is 0 Å². The highest BCUT2D eigenvalue weighted by Gasteiger charge is 2.20. The van der Waals surface area contributed by atoms with Crippen molar-refractivity contribution in [1.82, 2.24) is 4.90 Å². The van der Waals surface area contributed by atoms with Gasteiger partial charge in [-0.25, -0.2) is 0 Å². The summed E-state index contributed by atoms with van der Waals surface area (Å²) in [7, 11) is 1.72. The first-order chi connectivity index (χ1) is 11.2. The summed E-state index contributed by atoms with van der Waals surface area (Å²) < 4.78 is 5.46. The maximum Gasteiger partial charge on any atom is 0.142 e. The molecule has 23 heavy (non-hydrogen) atoms. The Bertz CT molecular complexity index is 650. The van der Waals surface area contributed by atoms with Crippen LogP contribution in [0, 0.1) is 0 Å². The van der Waals surface area contributed by atoms with Crippen LogP contribution in [0.2, 0.25) is 10.0 Å². The van der Waals surface area contributed by atoms with Gasteiger partial charge in [0.2, 0.25) is 0 Å². The van der Waals surface area contributed by atoms with Gasteiger partial charge in [0.1, 0.15) is 5.75 Å². The van der Waals surface area contributed by atoms with Gasteiger partial charge in [0, 0.05) is 48.3 Å². The fourth-order valence-corrected chi connectivity index (χ4v) is 3.46. The summed E-state index contributed by atoms with van der Waals surface area (Å²) in [5.41, 5.74) is 2.17. The largest absolute Gasteiger partial charge is 0.495 e. The van der Waals surface area contributed by atoms with Crippen LogP contribution in [0.3, 0.4) is 0 Å². The van der Waals surface area contributed by atoms with Crippen molar-refractivity contribution in [3.05, 3.63) is 58.1 Å². The Hall–Kier alpha value is -1.42. The van der Waals surface area contributed by atoms with E-state index in [-0.39, 0.29) is 0 Å². The Kier molecular flexibility index (Phi) is 5.31. The van der Waals surface area contributed by atoms with E-state index in [1.54, 1.807) is 7.11 Å². The summed E-state index contributed by atoms with van der Waals surface area (Å²) >= 11 is 12.5. The Morgan fingerprint density at radius 1 is 0.913 bits per heavy atom. The third-order valence-corrected chi connectivity index (χ3v) is 4.95. The highest BCUT2D eigenvalue weighted by molar-refractivity contribution is 6.35. The van der Waals surface area contributed by atoms with Crippen LogP contribution in [0.4, 0.5) is 5.69 Å². The van der Waals surface area contributed by atoms with Gasteiger partial charge in [-0.2, -0.15) is 0 Å². The molecule has 0 bridgehead atoms. The zero-order chi connectivity index (χ0) is 16.2. The molecule has 2 aromatic rings. The topological polar surface area (TPSA) is 15.7 Å². The molecule has 5 heteroatoms. The maximum atomic E-state index is 6.27. The first-order valence-corrected chi connectivity index (χ1v) is 8.48. The SMILES string of the molecule is COc1ccccc1N1CCN(Cc2c(Cl)cccc2Cl)CC1. The predicted octanol–water partition coefficient (Wildman–Crippen LogP) is 4.32. The normalized spacial score (nSPS) is 15.7. The number of ether oxygens (including phenoxy) is 1. The lowest BCUT2D eigenvalue weighted by molar-refractivity contribution is 0.249. The van der Waals surface area contributed by atoms with E-state index in [1.165, 1.54) is 0 Å². The van der Waals surface area contributed by atoms with E-state index in [2.05, 4.69) is 15.9 Å². The second-order valence-electron chi connectivity index (χ2n) is 5.64. The fraction of sp³-hybridized carbons (Fsp3) is 0.333. The molecule has 0 amide bonds. The van der Waals surface area contributed by atoms with Crippen LogP contribution in [0.15, 0.2) is 42.5 Å². The average molecular weight is 351 g/mol. The van der Waals surface area contributed by atoms with Crippen LogP contribution >= 0.6 is 23.2 Å². The Labute approximate surface area is 147 Å². The number of benzene rings is 2. The van der Waals surface area contributed by atoms with Gasteiger partial charge in [-0.05, 0) is 24.3 Å². The Morgan fingerprint density at radius 3 is 2.22 bits per heavy atom. The first-order valence-electron chi connectivity index (χ1n) is 7.72. The van der Waals surface area contributed by atoms with Gasteiger partial charge in [0.05, 0.1) is 12.8 Å². The molecule has 2 aromatic carbocycles. The number of methoxy groups -OCH3 is 1. The molecule has 0 aromatic heterocycles. The highest BCUT2D eigenvalue weighted by Crippen LogP contribution is 2.30. The fourth-order valence-electron chi connectivity index (χ4n) is 2.94. The molecule has 3 rings (SSSR count). The van der Waals surface area contributed by atoms with Crippen molar-refractivity contribution in [1.29, 1.82) is 0 Å². The molecule has 0 unspecified atom stereocenters. The van der Waals surface area contributed by atoms with Crippen LogP contribution in [0.1, 0.15) is 5.56 Å². The lowest BCUT2D eigenvalue weighted by Gasteiger charge is -2.36. The smallest absolute Gasteiger partial charge is 0.142 e. The molecule has 0 atom stereocenters. The summed E-state index contributed by atoms with van der Waals surface area (Å²) in [5, 5.41) is 1.48. The molecule has 0 aliphatic carbocycles. The molecule has 0 N–H and O–H groups in total. The second-order valence-corrected chi connectivity index (χ2v) is 6.45. The molecule has 1 heterocycles. The second kappa shape index (κ2) is 7.43. The number of rotatable bonds is 4. The summed E-state index contributed by atoms with van der Waals surface area (Å²) in [5.74, 6) is 0.926. The van der Waals surface area contributed by atoms with E-state index < -0.39 is 0 Å². The van der Waals surface area contributed by atoms with Crippen LogP contribution in [-0.2, 0) is 6.54 Å². The van der Waals surface area contributed by atoms with Crippen LogP contribution < -0.4 is 9.64 Å². The van der Waals surface area contributed by atoms with Crippen LogP contribution in [-0.4, -0.2) is 38.2 Å². The zero-order valence-corrected chi connectivity index (χ0v) is 14.6. The van der Waals surface area contributed by atoms with Gasteiger partial charge in [-0.3, -0.25) is 4.90 Å². The van der Waals surface area contributed by atoms with Crippen molar-refractivity contribution in [3.8, 4) is 5.75 Å². The summed E-state index contributed by atoms with van der Waals surface area (Å²) in [6, 6.07) is 13.8. The van der Waals surface area contributed by atoms with E-state index in [0.29, 0.717) is 0 Å². The summed E-state index contributed by atoms with van der Waals surface area (Å²) in [6.45, 7) is 4.66. The molecule has 1 aliphatic rings. The summed E-state index contributed by atoms with van der Waals surface area (Å²) in [6.07, 6.45) is 0.